The van der Waals surface area contributed by atoms with Crippen LogP contribution in [0.25, 0.3) is 0 Å². The van der Waals surface area contributed by atoms with Gasteiger partial charge in [0.2, 0.25) is 5.91 Å². The normalized spacial score (nSPS) is 24.0. The average molecular weight is 260 g/mol. The summed E-state index contributed by atoms with van der Waals surface area (Å²) in [5.41, 5.74) is 1.29. The number of nitrogens with one attached hydrogen (secondary N) is 1. The van der Waals surface area contributed by atoms with Gasteiger partial charge < -0.3 is 10.2 Å². The maximum Gasteiger partial charge on any atom is 0.227 e. The molecule has 0 spiro atoms. The number of likely N-dealkylation sites (tertiary alicyclic amines) is 1. The second kappa shape index (κ2) is 6.20. The zero-order valence-corrected chi connectivity index (χ0v) is 12.1. The van der Waals surface area contributed by atoms with Crippen LogP contribution in [0.1, 0.15) is 31.7 Å². The molecule has 1 heterocycles. The van der Waals surface area contributed by atoms with Gasteiger partial charge in [0.05, 0.1) is 5.92 Å². The SMILES string of the molecule is CC(C)NCC1C(=O)N(C)CCC1c1ccccc1. The smallest absolute Gasteiger partial charge is 0.227 e. The predicted octanol–water partition coefficient (Wildman–Crippen LogP) is 2.25. The molecule has 1 aromatic carbocycles. The van der Waals surface area contributed by atoms with Crippen molar-refractivity contribution in [3.63, 3.8) is 0 Å². The summed E-state index contributed by atoms with van der Waals surface area (Å²) in [5, 5.41) is 3.42. The zero-order valence-electron chi connectivity index (χ0n) is 12.1. The van der Waals surface area contributed by atoms with Gasteiger partial charge in [-0.15, -0.1) is 0 Å². The van der Waals surface area contributed by atoms with Crippen molar-refractivity contribution in [3.05, 3.63) is 35.9 Å². The van der Waals surface area contributed by atoms with Crippen LogP contribution in [0, 0.1) is 5.92 Å². The van der Waals surface area contributed by atoms with Gasteiger partial charge >= 0.3 is 0 Å². The molecule has 3 nitrogen and oxygen atoms in total. The van der Waals surface area contributed by atoms with Crippen LogP contribution >= 0.6 is 0 Å². The van der Waals surface area contributed by atoms with Crippen LogP contribution in [0.4, 0.5) is 0 Å². The lowest BCUT2D eigenvalue weighted by Crippen LogP contribution is -2.47. The Hall–Kier alpha value is -1.35. The fraction of sp³-hybridized carbons (Fsp3) is 0.562. The largest absolute Gasteiger partial charge is 0.345 e. The molecule has 2 rings (SSSR count). The molecule has 19 heavy (non-hydrogen) atoms. The van der Waals surface area contributed by atoms with Crippen LogP contribution in [-0.4, -0.2) is 37.0 Å². The maximum absolute atomic E-state index is 12.4. The summed E-state index contributed by atoms with van der Waals surface area (Å²) in [6.07, 6.45) is 1.05. The Morgan fingerprint density at radius 2 is 2.00 bits per heavy atom. The summed E-state index contributed by atoms with van der Waals surface area (Å²) in [4.78, 5) is 14.3. The molecule has 1 N–H and O–H groups in total. The highest BCUT2D eigenvalue weighted by atomic mass is 16.2. The number of piperidine rings is 1. The van der Waals surface area contributed by atoms with E-state index in [2.05, 4.69) is 43.4 Å². The molecular weight excluding hydrogens is 236 g/mol. The molecule has 0 bridgehead atoms. The van der Waals surface area contributed by atoms with E-state index in [1.54, 1.807) is 0 Å². The van der Waals surface area contributed by atoms with Gasteiger partial charge in [-0.2, -0.15) is 0 Å². The van der Waals surface area contributed by atoms with Gasteiger partial charge in [-0.25, -0.2) is 0 Å². The van der Waals surface area contributed by atoms with Crippen molar-refractivity contribution >= 4 is 5.91 Å². The first-order chi connectivity index (χ1) is 9.09. The van der Waals surface area contributed by atoms with Crippen LogP contribution in [0.5, 0.6) is 0 Å². The average Bonchev–Trinajstić information content (AvgIpc) is 2.41. The number of rotatable bonds is 4. The summed E-state index contributed by atoms with van der Waals surface area (Å²) < 4.78 is 0. The molecule has 0 radical (unpaired) electrons. The third-order valence-electron chi connectivity index (χ3n) is 3.93. The Morgan fingerprint density at radius 3 is 2.63 bits per heavy atom. The van der Waals surface area contributed by atoms with E-state index in [9.17, 15) is 4.79 Å². The Balaban J connectivity index is 2.17. The fourth-order valence-electron chi connectivity index (χ4n) is 2.79. The van der Waals surface area contributed by atoms with E-state index in [1.807, 2.05) is 18.0 Å². The predicted molar refractivity (Wildman–Crippen MR) is 78.1 cm³/mol. The molecule has 1 fully saturated rings. The highest BCUT2D eigenvalue weighted by Crippen LogP contribution is 2.33. The lowest BCUT2D eigenvalue weighted by molar-refractivity contribution is -0.137. The highest BCUT2D eigenvalue weighted by molar-refractivity contribution is 5.80. The number of hydrogen-bond donors (Lipinski definition) is 1. The van der Waals surface area contributed by atoms with Gasteiger partial charge in [-0.3, -0.25) is 4.79 Å². The molecule has 1 aliphatic rings. The van der Waals surface area contributed by atoms with E-state index in [4.69, 9.17) is 0 Å². The number of benzene rings is 1. The van der Waals surface area contributed by atoms with Crippen molar-refractivity contribution in [1.82, 2.24) is 10.2 Å². The van der Waals surface area contributed by atoms with E-state index < -0.39 is 0 Å². The van der Waals surface area contributed by atoms with Gasteiger partial charge in [-0.1, -0.05) is 44.2 Å². The van der Waals surface area contributed by atoms with Crippen molar-refractivity contribution < 1.29 is 4.79 Å². The van der Waals surface area contributed by atoms with E-state index in [-0.39, 0.29) is 11.8 Å². The van der Waals surface area contributed by atoms with Crippen molar-refractivity contribution in [1.29, 1.82) is 0 Å². The maximum atomic E-state index is 12.4. The second-order valence-corrected chi connectivity index (χ2v) is 5.74. The van der Waals surface area contributed by atoms with E-state index >= 15 is 0 Å². The van der Waals surface area contributed by atoms with Crippen molar-refractivity contribution in [2.24, 2.45) is 5.92 Å². The quantitative estimate of drug-likeness (QED) is 0.900. The third kappa shape index (κ3) is 3.35. The number of hydrogen-bond acceptors (Lipinski definition) is 2. The van der Waals surface area contributed by atoms with E-state index in [0.29, 0.717) is 12.0 Å². The Labute approximate surface area is 116 Å². The standard InChI is InChI=1S/C16H24N2O/c1-12(2)17-11-15-14(9-10-18(3)16(15)19)13-7-5-4-6-8-13/h4-8,12,14-15,17H,9-11H2,1-3H3. The summed E-state index contributed by atoms with van der Waals surface area (Å²) in [6.45, 7) is 5.86. The lowest BCUT2D eigenvalue weighted by Gasteiger charge is -2.36. The summed E-state index contributed by atoms with van der Waals surface area (Å²) in [6, 6.07) is 10.9. The highest BCUT2D eigenvalue weighted by Gasteiger charge is 2.35. The van der Waals surface area contributed by atoms with Crippen LogP contribution in [0.15, 0.2) is 30.3 Å². The minimum atomic E-state index is 0.0588. The fourth-order valence-corrected chi connectivity index (χ4v) is 2.79. The monoisotopic (exact) mass is 260 g/mol. The minimum Gasteiger partial charge on any atom is -0.345 e. The first-order valence-corrected chi connectivity index (χ1v) is 7.13. The van der Waals surface area contributed by atoms with E-state index in [0.717, 1.165) is 19.5 Å². The molecule has 1 saturated heterocycles. The minimum absolute atomic E-state index is 0.0588. The van der Waals surface area contributed by atoms with Gasteiger partial charge in [0.25, 0.3) is 0 Å². The first kappa shape index (κ1) is 14.1. The number of amides is 1. The molecule has 0 aliphatic carbocycles. The van der Waals surface area contributed by atoms with Crippen LogP contribution < -0.4 is 5.32 Å². The van der Waals surface area contributed by atoms with Crippen LogP contribution in [0.2, 0.25) is 0 Å². The van der Waals surface area contributed by atoms with Crippen LogP contribution in [0.3, 0.4) is 0 Å². The van der Waals surface area contributed by atoms with Crippen molar-refractivity contribution in [3.8, 4) is 0 Å². The molecule has 3 heteroatoms. The Morgan fingerprint density at radius 1 is 1.32 bits per heavy atom. The summed E-state index contributed by atoms with van der Waals surface area (Å²) >= 11 is 0. The zero-order chi connectivity index (χ0) is 13.8. The van der Waals surface area contributed by atoms with Gasteiger partial charge in [-0.05, 0) is 17.9 Å². The van der Waals surface area contributed by atoms with Crippen molar-refractivity contribution in [2.75, 3.05) is 20.1 Å². The molecule has 1 aromatic rings. The number of carbonyl (C=O) groups excluding carboxylic acids is 1. The Bertz CT molecular complexity index is 416. The molecule has 2 unspecified atom stereocenters. The van der Waals surface area contributed by atoms with Gasteiger partial charge in [0.1, 0.15) is 0 Å². The van der Waals surface area contributed by atoms with Crippen LogP contribution in [-0.2, 0) is 4.79 Å². The summed E-state index contributed by atoms with van der Waals surface area (Å²) in [7, 11) is 1.91. The van der Waals surface area contributed by atoms with E-state index in [1.165, 1.54) is 5.56 Å². The molecular formula is C16H24N2O. The second-order valence-electron chi connectivity index (χ2n) is 5.74. The topological polar surface area (TPSA) is 32.3 Å². The first-order valence-electron chi connectivity index (χ1n) is 7.13. The number of nitrogens with zero attached hydrogens (tertiary/aromatic N) is 1. The molecule has 2 atom stereocenters. The molecule has 104 valence electrons. The summed E-state index contributed by atoms with van der Waals surface area (Å²) in [5.74, 6) is 0.674. The Kier molecular flexibility index (Phi) is 4.59. The molecule has 1 amide bonds. The molecule has 0 aromatic heterocycles. The van der Waals surface area contributed by atoms with Crippen molar-refractivity contribution in [2.45, 2.75) is 32.2 Å². The van der Waals surface area contributed by atoms with Gasteiger partial charge in [0, 0.05) is 26.2 Å². The lowest BCUT2D eigenvalue weighted by atomic mass is 9.80. The van der Waals surface area contributed by atoms with Gasteiger partial charge in [0.15, 0.2) is 0 Å². The molecule has 1 aliphatic heterocycles. The third-order valence-corrected chi connectivity index (χ3v) is 3.93. The molecule has 0 saturated carbocycles. The number of carbonyl (C=O) groups is 1.